The van der Waals surface area contributed by atoms with Crippen LogP contribution in [0.15, 0.2) is 73.3 Å². The standard InChI is InChI=1S/C24H23FN6O2/c1-4-11-33-15(2)13-27-22-23-28-14-21(16-5-8-18(9-6-16)29-24(32)26-3)31(23)20-12-17(25)7-10-19(20)30-22/h4-12,14H,2,13H2,1,3H3,(H,27,30)(H2,26,29,32)/b11-4-. The van der Waals surface area contributed by atoms with Crippen LogP contribution in [0.25, 0.3) is 27.9 Å². The Morgan fingerprint density at radius 2 is 2.03 bits per heavy atom. The summed E-state index contributed by atoms with van der Waals surface area (Å²) in [4.78, 5) is 20.7. The minimum atomic E-state index is -0.371. The van der Waals surface area contributed by atoms with Crippen molar-refractivity contribution in [2.24, 2.45) is 0 Å². The fourth-order valence-electron chi connectivity index (χ4n) is 3.33. The van der Waals surface area contributed by atoms with Gasteiger partial charge in [-0.05, 0) is 31.2 Å². The number of urea groups is 1. The van der Waals surface area contributed by atoms with Gasteiger partial charge in [0.2, 0.25) is 0 Å². The van der Waals surface area contributed by atoms with Crippen molar-refractivity contribution in [3.05, 3.63) is 79.2 Å². The summed E-state index contributed by atoms with van der Waals surface area (Å²) in [5.41, 5.74) is 3.96. The molecule has 0 saturated carbocycles. The van der Waals surface area contributed by atoms with Gasteiger partial charge < -0.3 is 20.7 Å². The molecule has 9 heteroatoms. The monoisotopic (exact) mass is 446 g/mol. The number of nitrogens with zero attached hydrogens (tertiary/aromatic N) is 3. The molecular formula is C24H23FN6O2. The van der Waals surface area contributed by atoms with Crippen molar-refractivity contribution in [2.75, 3.05) is 24.2 Å². The molecule has 4 aromatic rings. The van der Waals surface area contributed by atoms with Crippen molar-refractivity contribution >= 4 is 34.2 Å². The Bertz CT molecular complexity index is 1360. The number of fused-ring (bicyclic) bond motifs is 3. The average molecular weight is 446 g/mol. The first-order valence-corrected chi connectivity index (χ1v) is 10.3. The molecule has 0 fully saturated rings. The van der Waals surface area contributed by atoms with Crippen molar-refractivity contribution in [3.8, 4) is 11.3 Å². The van der Waals surface area contributed by atoms with Crippen LogP contribution in [0.5, 0.6) is 0 Å². The van der Waals surface area contributed by atoms with Gasteiger partial charge in [-0.2, -0.15) is 0 Å². The van der Waals surface area contributed by atoms with Crippen LogP contribution in [-0.2, 0) is 4.74 Å². The van der Waals surface area contributed by atoms with Gasteiger partial charge >= 0.3 is 6.03 Å². The molecule has 4 rings (SSSR count). The van der Waals surface area contributed by atoms with Gasteiger partial charge in [-0.15, -0.1) is 0 Å². The van der Waals surface area contributed by atoms with Crippen molar-refractivity contribution in [2.45, 2.75) is 6.92 Å². The van der Waals surface area contributed by atoms with E-state index in [1.807, 2.05) is 23.5 Å². The van der Waals surface area contributed by atoms with E-state index in [-0.39, 0.29) is 11.8 Å². The van der Waals surface area contributed by atoms with Gasteiger partial charge in [0.15, 0.2) is 11.5 Å². The minimum absolute atomic E-state index is 0.305. The third-order valence-electron chi connectivity index (χ3n) is 4.87. The lowest BCUT2D eigenvalue weighted by Gasteiger charge is -2.12. The average Bonchev–Trinajstić information content (AvgIpc) is 3.27. The second-order valence-electron chi connectivity index (χ2n) is 7.16. The van der Waals surface area contributed by atoms with Crippen LogP contribution in [0.1, 0.15) is 6.92 Å². The second-order valence-corrected chi connectivity index (χ2v) is 7.16. The predicted octanol–water partition coefficient (Wildman–Crippen LogP) is 4.92. The maximum absolute atomic E-state index is 14.1. The summed E-state index contributed by atoms with van der Waals surface area (Å²) in [6.45, 7) is 6.04. The van der Waals surface area contributed by atoms with Crippen molar-refractivity contribution in [1.82, 2.24) is 19.7 Å². The third kappa shape index (κ3) is 4.62. The van der Waals surface area contributed by atoms with E-state index >= 15 is 0 Å². The molecule has 0 spiro atoms. The summed E-state index contributed by atoms with van der Waals surface area (Å²) in [6.07, 6.45) is 5.02. The highest BCUT2D eigenvalue weighted by molar-refractivity contribution is 5.90. The van der Waals surface area contributed by atoms with Gasteiger partial charge in [-0.1, -0.05) is 24.8 Å². The Labute approximate surface area is 189 Å². The fourth-order valence-corrected chi connectivity index (χ4v) is 3.33. The molecule has 0 aliphatic carbocycles. The smallest absolute Gasteiger partial charge is 0.318 e. The van der Waals surface area contributed by atoms with E-state index in [4.69, 9.17) is 4.74 Å². The number of nitrogens with one attached hydrogen (secondary N) is 3. The molecule has 168 valence electrons. The molecule has 33 heavy (non-hydrogen) atoms. The van der Waals surface area contributed by atoms with E-state index in [0.717, 1.165) is 11.3 Å². The SMILES string of the molecule is C=C(CNc1nc2ccc(F)cc2n2c(-c3ccc(NC(=O)NC)cc3)cnc12)O/C=C\C. The van der Waals surface area contributed by atoms with Crippen LogP contribution < -0.4 is 16.0 Å². The van der Waals surface area contributed by atoms with Gasteiger partial charge in [-0.25, -0.2) is 19.2 Å². The molecule has 2 aromatic heterocycles. The van der Waals surface area contributed by atoms with E-state index in [1.54, 1.807) is 43.8 Å². The summed E-state index contributed by atoms with van der Waals surface area (Å²) < 4.78 is 21.4. The Morgan fingerprint density at radius 1 is 1.24 bits per heavy atom. The van der Waals surface area contributed by atoms with Gasteiger partial charge in [0, 0.05) is 24.4 Å². The first kappa shape index (κ1) is 21.8. The number of ether oxygens (including phenoxy) is 1. The first-order valence-electron chi connectivity index (χ1n) is 10.3. The molecule has 2 heterocycles. The lowest BCUT2D eigenvalue weighted by Crippen LogP contribution is -2.24. The summed E-state index contributed by atoms with van der Waals surface area (Å²) in [5, 5.41) is 8.44. The second kappa shape index (κ2) is 9.39. The normalized spacial score (nSPS) is 11.1. The van der Waals surface area contributed by atoms with Crippen LogP contribution in [0.3, 0.4) is 0 Å². The number of benzene rings is 2. The largest absolute Gasteiger partial charge is 0.468 e. The zero-order valence-corrected chi connectivity index (χ0v) is 18.2. The molecule has 3 N–H and O–H groups in total. The van der Waals surface area contributed by atoms with E-state index in [0.29, 0.717) is 40.5 Å². The minimum Gasteiger partial charge on any atom is -0.468 e. The van der Waals surface area contributed by atoms with Crippen molar-refractivity contribution in [1.29, 1.82) is 0 Å². The van der Waals surface area contributed by atoms with Crippen LogP contribution in [0.2, 0.25) is 0 Å². The number of hydrogen-bond acceptors (Lipinski definition) is 5. The van der Waals surface area contributed by atoms with Gasteiger partial charge in [0.1, 0.15) is 11.6 Å². The molecule has 0 radical (unpaired) electrons. The molecule has 0 aliphatic rings. The third-order valence-corrected chi connectivity index (χ3v) is 4.87. The maximum Gasteiger partial charge on any atom is 0.318 e. The number of imidazole rings is 1. The predicted molar refractivity (Wildman–Crippen MR) is 127 cm³/mol. The zero-order chi connectivity index (χ0) is 23.4. The van der Waals surface area contributed by atoms with E-state index in [1.165, 1.54) is 12.1 Å². The number of rotatable bonds is 7. The molecule has 0 unspecified atom stereocenters. The number of carbonyl (C=O) groups is 1. The molecule has 0 bridgehead atoms. The lowest BCUT2D eigenvalue weighted by molar-refractivity contribution is 0.254. The van der Waals surface area contributed by atoms with Crippen LogP contribution in [-0.4, -0.2) is 34.0 Å². The Balaban J connectivity index is 1.77. The maximum atomic E-state index is 14.1. The molecule has 2 amide bonds. The highest BCUT2D eigenvalue weighted by Gasteiger charge is 2.16. The quantitative estimate of drug-likeness (QED) is 0.351. The first-order chi connectivity index (χ1) is 16.0. The number of amides is 2. The van der Waals surface area contributed by atoms with Crippen LogP contribution >= 0.6 is 0 Å². The van der Waals surface area contributed by atoms with E-state index in [9.17, 15) is 9.18 Å². The molecule has 8 nitrogen and oxygen atoms in total. The zero-order valence-electron chi connectivity index (χ0n) is 18.2. The highest BCUT2D eigenvalue weighted by Crippen LogP contribution is 2.29. The number of anilines is 2. The molecule has 0 saturated heterocycles. The molecular weight excluding hydrogens is 423 g/mol. The van der Waals surface area contributed by atoms with Crippen molar-refractivity contribution in [3.63, 3.8) is 0 Å². The molecule has 0 aliphatic heterocycles. The number of carbonyl (C=O) groups excluding carboxylic acids is 1. The topological polar surface area (TPSA) is 92.6 Å². The van der Waals surface area contributed by atoms with Gasteiger partial charge in [-0.3, -0.25) is 4.40 Å². The summed E-state index contributed by atoms with van der Waals surface area (Å²) in [6, 6.07) is 11.4. The number of hydrogen-bond donors (Lipinski definition) is 3. The lowest BCUT2D eigenvalue weighted by atomic mass is 10.1. The van der Waals surface area contributed by atoms with E-state index in [2.05, 4.69) is 32.5 Å². The summed E-state index contributed by atoms with van der Waals surface area (Å²) >= 11 is 0. The van der Waals surface area contributed by atoms with Crippen LogP contribution in [0, 0.1) is 5.82 Å². The Morgan fingerprint density at radius 3 is 2.76 bits per heavy atom. The Kier molecular flexibility index (Phi) is 6.21. The van der Waals surface area contributed by atoms with Gasteiger partial charge in [0.05, 0.1) is 35.7 Å². The number of allylic oxidation sites excluding steroid dienone is 1. The van der Waals surface area contributed by atoms with Crippen molar-refractivity contribution < 1.29 is 13.9 Å². The summed E-state index contributed by atoms with van der Waals surface area (Å²) in [5.74, 6) is 0.658. The van der Waals surface area contributed by atoms with E-state index < -0.39 is 0 Å². The Hall–Kier alpha value is -4.40. The number of halogens is 1. The summed E-state index contributed by atoms with van der Waals surface area (Å²) in [7, 11) is 1.55. The van der Waals surface area contributed by atoms with Crippen LogP contribution in [0.4, 0.5) is 20.7 Å². The van der Waals surface area contributed by atoms with Gasteiger partial charge in [0.25, 0.3) is 0 Å². The molecule has 0 atom stereocenters. The number of aromatic nitrogens is 3. The highest BCUT2D eigenvalue weighted by atomic mass is 19.1. The molecule has 2 aromatic carbocycles. The fraction of sp³-hybridized carbons (Fsp3) is 0.125.